The fourth-order valence-electron chi connectivity index (χ4n) is 2.27. The molecule has 0 amide bonds. The van der Waals surface area contributed by atoms with Crippen molar-refractivity contribution in [3.05, 3.63) is 29.8 Å². The molecule has 3 nitrogen and oxygen atoms in total. The fraction of sp³-hybridized carbons (Fsp3) is 0.571. The van der Waals surface area contributed by atoms with Crippen LogP contribution < -0.4 is 4.90 Å². The molecule has 94 valence electrons. The van der Waals surface area contributed by atoms with Crippen molar-refractivity contribution in [2.45, 2.75) is 32.5 Å². The highest BCUT2D eigenvalue weighted by molar-refractivity contribution is 5.56. The predicted octanol–water partition coefficient (Wildman–Crippen LogP) is 1.43. The van der Waals surface area contributed by atoms with Gasteiger partial charge in [0.05, 0.1) is 12.2 Å². The largest absolute Gasteiger partial charge is 0.391 e. The van der Waals surface area contributed by atoms with Crippen LogP contribution in [0.1, 0.15) is 19.4 Å². The van der Waals surface area contributed by atoms with Crippen molar-refractivity contribution >= 4 is 5.69 Å². The van der Waals surface area contributed by atoms with E-state index in [1.807, 2.05) is 32.0 Å². The van der Waals surface area contributed by atoms with Crippen molar-refractivity contribution in [1.82, 2.24) is 0 Å². The van der Waals surface area contributed by atoms with Crippen LogP contribution in [0.15, 0.2) is 24.3 Å². The van der Waals surface area contributed by atoms with E-state index >= 15 is 0 Å². The van der Waals surface area contributed by atoms with Crippen molar-refractivity contribution < 1.29 is 10.2 Å². The zero-order valence-electron chi connectivity index (χ0n) is 10.5. The first kappa shape index (κ1) is 12.4. The van der Waals surface area contributed by atoms with Gasteiger partial charge in [-0.2, -0.15) is 0 Å². The normalized spacial score (nSPS) is 21.5. The highest BCUT2D eigenvalue weighted by atomic mass is 16.3. The van der Waals surface area contributed by atoms with Crippen LogP contribution in [0.4, 0.5) is 5.69 Å². The zero-order valence-corrected chi connectivity index (χ0v) is 10.5. The van der Waals surface area contributed by atoms with Crippen molar-refractivity contribution in [3.8, 4) is 0 Å². The van der Waals surface area contributed by atoms with Crippen LogP contribution in [0.25, 0.3) is 0 Å². The molecule has 0 saturated carbocycles. The monoisotopic (exact) mass is 235 g/mol. The summed E-state index contributed by atoms with van der Waals surface area (Å²) in [5.74, 6) is 0.237. The molecule has 17 heavy (non-hydrogen) atoms. The minimum absolute atomic E-state index is 0.237. The van der Waals surface area contributed by atoms with Crippen molar-refractivity contribution in [3.63, 3.8) is 0 Å². The molecule has 2 unspecified atom stereocenters. The summed E-state index contributed by atoms with van der Waals surface area (Å²) >= 11 is 0. The Balaban J connectivity index is 2.18. The van der Waals surface area contributed by atoms with Gasteiger partial charge < -0.3 is 15.1 Å². The zero-order chi connectivity index (χ0) is 12.4. The summed E-state index contributed by atoms with van der Waals surface area (Å²) in [5, 5.41) is 19.8. The van der Waals surface area contributed by atoms with Crippen LogP contribution in [0.3, 0.4) is 0 Å². The van der Waals surface area contributed by atoms with Gasteiger partial charge in [-0.25, -0.2) is 0 Å². The van der Waals surface area contributed by atoms with Gasteiger partial charge in [0.15, 0.2) is 0 Å². The van der Waals surface area contributed by atoms with Crippen molar-refractivity contribution in [1.29, 1.82) is 0 Å². The summed E-state index contributed by atoms with van der Waals surface area (Å²) in [5.41, 5.74) is 2.32. The molecule has 0 fully saturated rings. The molecule has 3 heteroatoms. The lowest BCUT2D eigenvalue weighted by molar-refractivity contribution is 0.121. The first-order chi connectivity index (χ1) is 8.08. The Labute approximate surface area is 103 Å². The molecule has 2 rings (SSSR count). The van der Waals surface area contributed by atoms with Gasteiger partial charge in [0, 0.05) is 25.2 Å². The molecule has 0 radical (unpaired) electrons. The van der Waals surface area contributed by atoms with E-state index in [0.717, 1.165) is 5.69 Å². The molecular weight excluding hydrogens is 214 g/mol. The van der Waals surface area contributed by atoms with E-state index in [4.69, 9.17) is 0 Å². The van der Waals surface area contributed by atoms with Crippen LogP contribution >= 0.6 is 0 Å². The number of aliphatic hydroxyl groups is 2. The lowest BCUT2D eigenvalue weighted by Crippen LogP contribution is -2.43. The summed E-state index contributed by atoms with van der Waals surface area (Å²) < 4.78 is 0. The summed E-state index contributed by atoms with van der Waals surface area (Å²) in [4.78, 5) is 2.09. The third-order valence-electron chi connectivity index (χ3n) is 3.40. The number of fused-ring (bicyclic) bond motifs is 1. The highest BCUT2D eigenvalue weighted by Crippen LogP contribution is 2.27. The molecule has 0 saturated heterocycles. The number of benzene rings is 1. The Kier molecular flexibility index (Phi) is 3.69. The maximum Gasteiger partial charge on any atom is 0.0756 e. The Morgan fingerprint density at radius 1 is 1.35 bits per heavy atom. The average Bonchev–Trinajstić information content (AvgIpc) is 2.28. The first-order valence-electron chi connectivity index (χ1n) is 6.27. The standard InChI is InChI=1S/C14H21NO2/c1-10(2)14(17)9-15-8-12(16)7-11-5-3-4-6-13(11)15/h3-6,10,12,14,16-17H,7-9H2,1-2H3. The van der Waals surface area contributed by atoms with E-state index in [-0.39, 0.29) is 18.1 Å². The van der Waals surface area contributed by atoms with Gasteiger partial charge in [-0.15, -0.1) is 0 Å². The van der Waals surface area contributed by atoms with E-state index in [2.05, 4.69) is 11.0 Å². The third-order valence-corrected chi connectivity index (χ3v) is 3.40. The van der Waals surface area contributed by atoms with Gasteiger partial charge in [0.2, 0.25) is 0 Å². The molecule has 2 atom stereocenters. The lowest BCUT2D eigenvalue weighted by atomic mass is 9.98. The number of rotatable bonds is 3. The number of aliphatic hydroxyl groups excluding tert-OH is 2. The van der Waals surface area contributed by atoms with Crippen LogP contribution in [0.5, 0.6) is 0 Å². The Morgan fingerprint density at radius 2 is 2.06 bits per heavy atom. The number of para-hydroxylation sites is 1. The summed E-state index contributed by atoms with van der Waals surface area (Å²) in [7, 11) is 0. The topological polar surface area (TPSA) is 43.7 Å². The molecule has 1 aromatic rings. The Morgan fingerprint density at radius 3 is 2.76 bits per heavy atom. The molecule has 1 aliphatic heterocycles. The Bertz CT molecular complexity index is 378. The minimum atomic E-state index is -0.353. The number of hydrogen-bond donors (Lipinski definition) is 2. The van der Waals surface area contributed by atoms with Crippen LogP contribution in [-0.2, 0) is 6.42 Å². The van der Waals surface area contributed by atoms with Gasteiger partial charge in [0.25, 0.3) is 0 Å². The maximum absolute atomic E-state index is 9.97. The summed E-state index contributed by atoms with van der Waals surface area (Å²) in [6, 6.07) is 8.11. The second-order valence-corrected chi connectivity index (χ2v) is 5.20. The molecule has 0 aliphatic carbocycles. The molecule has 1 aliphatic rings. The highest BCUT2D eigenvalue weighted by Gasteiger charge is 2.24. The van der Waals surface area contributed by atoms with E-state index < -0.39 is 0 Å². The van der Waals surface area contributed by atoms with Gasteiger partial charge in [0.1, 0.15) is 0 Å². The first-order valence-corrected chi connectivity index (χ1v) is 6.27. The predicted molar refractivity (Wildman–Crippen MR) is 69.2 cm³/mol. The van der Waals surface area contributed by atoms with Gasteiger partial charge >= 0.3 is 0 Å². The molecule has 0 aromatic heterocycles. The summed E-state index contributed by atoms with van der Waals surface area (Å²) in [6.45, 7) is 5.22. The van der Waals surface area contributed by atoms with E-state index in [0.29, 0.717) is 19.5 Å². The molecule has 1 heterocycles. The molecule has 0 bridgehead atoms. The smallest absolute Gasteiger partial charge is 0.0756 e. The maximum atomic E-state index is 9.97. The van der Waals surface area contributed by atoms with E-state index in [1.165, 1.54) is 5.56 Å². The second-order valence-electron chi connectivity index (χ2n) is 5.20. The third kappa shape index (κ3) is 2.79. The van der Waals surface area contributed by atoms with E-state index in [1.54, 1.807) is 0 Å². The summed E-state index contributed by atoms with van der Waals surface area (Å²) in [6.07, 6.45) is 0.0300. The average molecular weight is 235 g/mol. The quantitative estimate of drug-likeness (QED) is 0.833. The fourth-order valence-corrected chi connectivity index (χ4v) is 2.27. The van der Waals surface area contributed by atoms with Gasteiger partial charge in [-0.3, -0.25) is 0 Å². The molecule has 0 spiro atoms. The van der Waals surface area contributed by atoms with Crippen LogP contribution in [0, 0.1) is 5.92 Å². The number of β-amino-alcohol motifs (C(OH)–C–C–N with tert-alkyl or cyclic N) is 2. The molecule has 1 aromatic carbocycles. The number of nitrogens with zero attached hydrogens (tertiary/aromatic N) is 1. The number of anilines is 1. The van der Waals surface area contributed by atoms with Crippen molar-refractivity contribution in [2.75, 3.05) is 18.0 Å². The van der Waals surface area contributed by atoms with Crippen LogP contribution in [-0.4, -0.2) is 35.5 Å². The van der Waals surface area contributed by atoms with Crippen molar-refractivity contribution in [2.24, 2.45) is 5.92 Å². The second kappa shape index (κ2) is 5.07. The minimum Gasteiger partial charge on any atom is -0.391 e. The van der Waals surface area contributed by atoms with Gasteiger partial charge in [-0.05, 0) is 17.5 Å². The van der Waals surface area contributed by atoms with Crippen LogP contribution in [0.2, 0.25) is 0 Å². The molecular formula is C14H21NO2. The molecule has 2 N–H and O–H groups in total. The number of hydrogen-bond acceptors (Lipinski definition) is 3. The SMILES string of the molecule is CC(C)C(O)CN1CC(O)Cc2ccccc21. The van der Waals surface area contributed by atoms with Gasteiger partial charge in [-0.1, -0.05) is 32.0 Å². The Hall–Kier alpha value is -1.06. The lowest BCUT2D eigenvalue weighted by Gasteiger charge is -2.36. The van der Waals surface area contributed by atoms with E-state index in [9.17, 15) is 10.2 Å².